The first-order valence-corrected chi connectivity index (χ1v) is 7.91. The Hall–Kier alpha value is -1.26. The summed E-state index contributed by atoms with van der Waals surface area (Å²) in [4.78, 5) is 13.7. The summed E-state index contributed by atoms with van der Waals surface area (Å²) < 4.78 is 0. The molecule has 0 radical (unpaired) electrons. The maximum Gasteiger partial charge on any atom is 0.222 e. The third kappa shape index (κ3) is 4.35. The topological polar surface area (TPSA) is 58.4 Å². The van der Waals surface area contributed by atoms with Crippen molar-refractivity contribution in [3.05, 3.63) is 28.8 Å². The molecule has 21 heavy (non-hydrogen) atoms. The van der Waals surface area contributed by atoms with E-state index in [9.17, 15) is 4.79 Å². The molecule has 1 atom stereocenters. The van der Waals surface area contributed by atoms with Gasteiger partial charge < -0.3 is 16.0 Å². The predicted octanol–water partition coefficient (Wildman–Crippen LogP) is 2.54. The molecule has 0 aliphatic carbocycles. The number of rotatable bonds is 5. The number of primary amides is 1. The van der Waals surface area contributed by atoms with Gasteiger partial charge >= 0.3 is 0 Å². The number of anilines is 1. The molecule has 0 spiro atoms. The summed E-state index contributed by atoms with van der Waals surface area (Å²) in [6, 6.07) is 6.38. The molecule has 4 nitrogen and oxygen atoms in total. The summed E-state index contributed by atoms with van der Waals surface area (Å²) in [6.45, 7) is 6.67. The van der Waals surface area contributed by atoms with Gasteiger partial charge in [0.15, 0.2) is 0 Å². The highest BCUT2D eigenvalue weighted by atomic mass is 35.5. The Morgan fingerprint density at radius 3 is 2.95 bits per heavy atom. The summed E-state index contributed by atoms with van der Waals surface area (Å²) in [5.41, 5.74) is 7.79. The van der Waals surface area contributed by atoms with Gasteiger partial charge in [-0.25, -0.2) is 0 Å². The van der Waals surface area contributed by atoms with Gasteiger partial charge in [0.2, 0.25) is 5.91 Å². The third-order valence-corrected chi connectivity index (χ3v) is 4.15. The van der Waals surface area contributed by atoms with Crippen LogP contribution in [0.3, 0.4) is 0 Å². The molecule has 1 aromatic rings. The summed E-state index contributed by atoms with van der Waals surface area (Å²) in [5.74, 6) is -0.271. The van der Waals surface area contributed by atoms with Gasteiger partial charge in [-0.3, -0.25) is 4.79 Å². The lowest BCUT2D eigenvalue weighted by Gasteiger charge is -2.34. The average molecular weight is 310 g/mol. The fraction of sp³-hybridized carbons (Fsp3) is 0.562. The Kier molecular flexibility index (Phi) is 5.48. The molecule has 3 N–H and O–H groups in total. The number of amides is 1. The van der Waals surface area contributed by atoms with E-state index in [4.69, 9.17) is 17.3 Å². The fourth-order valence-corrected chi connectivity index (χ4v) is 2.89. The van der Waals surface area contributed by atoms with E-state index in [1.54, 1.807) is 0 Å². The average Bonchev–Trinajstić information content (AvgIpc) is 2.46. The molecule has 1 fully saturated rings. The highest BCUT2D eigenvalue weighted by Crippen LogP contribution is 2.29. The van der Waals surface area contributed by atoms with Crippen molar-refractivity contribution < 1.29 is 4.79 Å². The molecule has 2 rings (SSSR count). The fourth-order valence-electron chi connectivity index (χ4n) is 2.72. The monoisotopic (exact) mass is 309 g/mol. The Labute approximate surface area is 131 Å². The van der Waals surface area contributed by atoms with Crippen LogP contribution in [0.25, 0.3) is 0 Å². The summed E-state index contributed by atoms with van der Waals surface area (Å²) >= 11 is 6.16. The van der Waals surface area contributed by atoms with Crippen molar-refractivity contribution in [1.29, 1.82) is 0 Å². The second-order valence-corrected chi connectivity index (χ2v) is 6.43. The van der Waals surface area contributed by atoms with Gasteiger partial charge in [-0.15, -0.1) is 0 Å². The van der Waals surface area contributed by atoms with E-state index in [0.717, 1.165) is 36.6 Å². The summed E-state index contributed by atoms with van der Waals surface area (Å²) in [7, 11) is 0. The highest BCUT2D eigenvalue weighted by Gasteiger charge is 2.25. The van der Waals surface area contributed by atoms with Gasteiger partial charge in [0.05, 0.1) is 5.92 Å². The van der Waals surface area contributed by atoms with Crippen molar-refractivity contribution in [3.8, 4) is 0 Å². The number of carbonyl (C=O) groups excluding carboxylic acids is 1. The number of nitrogens with one attached hydrogen (secondary N) is 1. The van der Waals surface area contributed by atoms with Crippen molar-refractivity contribution in [1.82, 2.24) is 5.32 Å². The zero-order valence-corrected chi connectivity index (χ0v) is 13.5. The van der Waals surface area contributed by atoms with Crippen LogP contribution in [0.5, 0.6) is 0 Å². The van der Waals surface area contributed by atoms with Crippen LogP contribution in [0.4, 0.5) is 5.69 Å². The minimum absolute atomic E-state index is 0.0661. The number of hydrogen-bond acceptors (Lipinski definition) is 3. The number of benzene rings is 1. The maximum atomic E-state index is 11.5. The molecule has 116 valence electrons. The molecule has 0 bridgehead atoms. The number of hydrogen-bond donors (Lipinski definition) is 2. The van der Waals surface area contributed by atoms with E-state index < -0.39 is 0 Å². The first-order valence-electron chi connectivity index (χ1n) is 7.53. The quantitative estimate of drug-likeness (QED) is 0.879. The van der Waals surface area contributed by atoms with Crippen LogP contribution in [0.15, 0.2) is 18.2 Å². The van der Waals surface area contributed by atoms with Gasteiger partial charge in [0.25, 0.3) is 0 Å². The second-order valence-electron chi connectivity index (χ2n) is 6.00. The standard InChI is InChI=1S/C16H24ClN3O/c1-11(2)19-9-12-5-6-14(17)8-15(12)20-7-3-4-13(10-20)16(18)21/h5-6,8,11,13,19H,3-4,7,9-10H2,1-2H3,(H2,18,21). The maximum absolute atomic E-state index is 11.5. The molecule has 1 amide bonds. The molecular formula is C16H24ClN3O. The molecule has 1 aliphatic heterocycles. The van der Waals surface area contributed by atoms with Crippen molar-refractivity contribution in [2.45, 2.75) is 39.3 Å². The van der Waals surface area contributed by atoms with Crippen molar-refractivity contribution in [2.24, 2.45) is 11.7 Å². The largest absolute Gasteiger partial charge is 0.370 e. The SMILES string of the molecule is CC(C)NCc1ccc(Cl)cc1N1CCCC(C(N)=O)C1. The molecule has 1 saturated heterocycles. The van der Waals surface area contributed by atoms with Gasteiger partial charge in [0, 0.05) is 36.4 Å². The second kappa shape index (κ2) is 7.14. The van der Waals surface area contributed by atoms with Gasteiger partial charge in [-0.1, -0.05) is 31.5 Å². The zero-order chi connectivity index (χ0) is 15.4. The Balaban J connectivity index is 2.20. The number of nitrogens with zero attached hydrogens (tertiary/aromatic N) is 1. The predicted molar refractivity (Wildman–Crippen MR) is 87.6 cm³/mol. The lowest BCUT2D eigenvalue weighted by Crippen LogP contribution is -2.41. The first-order chi connectivity index (χ1) is 9.97. The molecular weight excluding hydrogens is 286 g/mol. The van der Waals surface area contributed by atoms with Crippen LogP contribution in [-0.4, -0.2) is 25.0 Å². The summed E-state index contributed by atoms with van der Waals surface area (Å²) in [6.07, 6.45) is 1.86. The van der Waals surface area contributed by atoms with E-state index in [2.05, 4.69) is 30.1 Å². The van der Waals surface area contributed by atoms with Crippen LogP contribution in [0, 0.1) is 5.92 Å². The van der Waals surface area contributed by atoms with Crippen LogP contribution < -0.4 is 16.0 Å². The van der Waals surface area contributed by atoms with Crippen molar-refractivity contribution in [3.63, 3.8) is 0 Å². The van der Waals surface area contributed by atoms with Crippen LogP contribution in [-0.2, 0) is 11.3 Å². The first kappa shape index (κ1) is 16.1. The number of carbonyl (C=O) groups is 1. The lowest BCUT2D eigenvalue weighted by molar-refractivity contribution is -0.122. The van der Waals surface area contributed by atoms with Crippen LogP contribution in [0.1, 0.15) is 32.3 Å². The molecule has 1 aliphatic rings. The molecule has 0 aromatic heterocycles. The third-order valence-electron chi connectivity index (χ3n) is 3.91. The zero-order valence-electron chi connectivity index (χ0n) is 12.7. The molecule has 1 heterocycles. The van der Waals surface area contributed by atoms with Gasteiger partial charge in [-0.05, 0) is 30.5 Å². The molecule has 0 saturated carbocycles. The Morgan fingerprint density at radius 2 is 2.29 bits per heavy atom. The van der Waals surface area contributed by atoms with Crippen LogP contribution >= 0.6 is 11.6 Å². The van der Waals surface area contributed by atoms with Crippen LogP contribution in [0.2, 0.25) is 5.02 Å². The minimum atomic E-state index is -0.205. The van der Waals surface area contributed by atoms with Crippen molar-refractivity contribution >= 4 is 23.2 Å². The number of piperidine rings is 1. The van der Waals surface area contributed by atoms with E-state index in [-0.39, 0.29) is 11.8 Å². The van der Waals surface area contributed by atoms with Crippen molar-refractivity contribution in [2.75, 3.05) is 18.0 Å². The minimum Gasteiger partial charge on any atom is -0.370 e. The number of nitrogens with two attached hydrogens (primary N) is 1. The van der Waals surface area contributed by atoms with E-state index in [1.807, 2.05) is 12.1 Å². The highest BCUT2D eigenvalue weighted by molar-refractivity contribution is 6.30. The Morgan fingerprint density at radius 1 is 1.52 bits per heavy atom. The normalized spacial score (nSPS) is 19.0. The summed E-state index contributed by atoms with van der Waals surface area (Å²) in [5, 5.41) is 4.16. The lowest BCUT2D eigenvalue weighted by atomic mass is 9.96. The Bertz CT molecular complexity index is 504. The van der Waals surface area contributed by atoms with E-state index >= 15 is 0 Å². The smallest absolute Gasteiger partial charge is 0.222 e. The molecule has 1 unspecified atom stereocenters. The van der Waals surface area contributed by atoms with Gasteiger partial charge in [-0.2, -0.15) is 0 Å². The molecule has 5 heteroatoms. The number of halogens is 1. The van der Waals surface area contributed by atoms with E-state index in [1.165, 1.54) is 5.56 Å². The van der Waals surface area contributed by atoms with Gasteiger partial charge in [0.1, 0.15) is 0 Å². The molecule has 1 aromatic carbocycles. The van der Waals surface area contributed by atoms with E-state index in [0.29, 0.717) is 12.6 Å².